The summed E-state index contributed by atoms with van der Waals surface area (Å²) in [6.07, 6.45) is 20.6. The predicted molar refractivity (Wildman–Crippen MR) is 133 cm³/mol. The molecule has 0 saturated carbocycles. The molecule has 0 aromatic carbocycles. The van der Waals surface area contributed by atoms with E-state index in [1.165, 1.54) is 0 Å². The highest BCUT2D eigenvalue weighted by Crippen LogP contribution is 2.11. The molecule has 0 rings (SSSR count). The summed E-state index contributed by atoms with van der Waals surface area (Å²) < 4.78 is 17.2. The first-order chi connectivity index (χ1) is 15.6. The number of carbonyl (C=O) groups excluding carboxylic acids is 1. The SMILES string of the molecule is CC/C=C\CCCCOC(CCC(=O)OCCCC(O)CCC)OCCCC/C=C\CC. The van der Waals surface area contributed by atoms with Gasteiger partial charge >= 0.3 is 5.97 Å². The molecule has 0 aromatic rings. The van der Waals surface area contributed by atoms with Crippen LogP contribution in [0.4, 0.5) is 0 Å². The number of ether oxygens (including phenoxy) is 3. The molecule has 32 heavy (non-hydrogen) atoms. The third-order valence-electron chi connectivity index (χ3n) is 5.09. The maximum Gasteiger partial charge on any atom is 0.305 e. The Labute approximate surface area is 197 Å². The third kappa shape index (κ3) is 22.0. The van der Waals surface area contributed by atoms with Crippen molar-refractivity contribution in [1.29, 1.82) is 0 Å². The summed E-state index contributed by atoms with van der Waals surface area (Å²) in [7, 11) is 0. The molecular formula is C27H50O5. The molecule has 5 heteroatoms. The summed E-state index contributed by atoms with van der Waals surface area (Å²) in [5.74, 6) is -0.221. The van der Waals surface area contributed by atoms with E-state index in [0.29, 0.717) is 45.5 Å². The first-order valence-electron chi connectivity index (χ1n) is 13.0. The van der Waals surface area contributed by atoms with Gasteiger partial charge in [0, 0.05) is 19.6 Å². The van der Waals surface area contributed by atoms with Gasteiger partial charge in [-0.2, -0.15) is 0 Å². The van der Waals surface area contributed by atoms with Gasteiger partial charge in [-0.3, -0.25) is 4.79 Å². The Morgan fingerprint density at radius 1 is 0.750 bits per heavy atom. The average Bonchev–Trinajstić information content (AvgIpc) is 2.78. The monoisotopic (exact) mass is 454 g/mol. The highest BCUT2D eigenvalue weighted by molar-refractivity contribution is 5.69. The fraction of sp³-hybridized carbons (Fsp3) is 0.815. The van der Waals surface area contributed by atoms with Crippen molar-refractivity contribution < 1.29 is 24.1 Å². The molecule has 0 amide bonds. The lowest BCUT2D eigenvalue weighted by atomic mass is 10.1. The molecule has 1 atom stereocenters. The maximum atomic E-state index is 12.1. The number of rotatable bonds is 23. The quantitative estimate of drug-likeness (QED) is 0.0788. The number of aliphatic hydroxyl groups excluding tert-OH is 1. The molecule has 0 aliphatic carbocycles. The topological polar surface area (TPSA) is 65.0 Å². The Morgan fingerprint density at radius 2 is 1.34 bits per heavy atom. The highest BCUT2D eigenvalue weighted by Gasteiger charge is 2.13. The Bertz CT molecular complexity index is 437. The van der Waals surface area contributed by atoms with Crippen LogP contribution in [0.15, 0.2) is 24.3 Å². The molecule has 1 N–H and O–H groups in total. The van der Waals surface area contributed by atoms with Gasteiger partial charge in [0.25, 0.3) is 0 Å². The molecule has 0 radical (unpaired) electrons. The van der Waals surface area contributed by atoms with Gasteiger partial charge in [-0.1, -0.05) is 51.5 Å². The second kappa shape index (κ2) is 24.5. The van der Waals surface area contributed by atoms with Crippen LogP contribution in [0.2, 0.25) is 0 Å². The lowest BCUT2D eigenvalue weighted by molar-refractivity contribution is -0.159. The van der Waals surface area contributed by atoms with E-state index in [1.807, 2.05) is 0 Å². The molecule has 0 aromatic heterocycles. The first-order valence-corrected chi connectivity index (χ1v) is 13.0. The van der Waals surface area contributed by atoms with Crippen molar-refractivity contribution in [3.8, 4) is 0 Å². The van der Waals surface area contributed by atoms with E-state index in [1.54, 1.807) is 0 Å². The average molecular weight is 455 g/mol. The summed E-state index contributed by atoms with van der Waals surface area (Å²) in [4.78, 5) is 12.1. The van der Waals surface area contributed by atoms with Gasteiger partial charge in [0.2, 0.25) is 0 Å². The standard InChI is InChI=1S/C27H50O5/c1-4-7-9-11-13-15-22-31-27(32-23-16-14-12-10-8-5-2)21-20-26(29)30-24-17-19-25(28)18-6-3/h7-10,25,27-28H,4-6,11-24H2,1-3H3/b9-7-,10-8-. The van der Waals surface area contributed by atoms with E-state index in [9.17, 15) is 9.90 Å². The number of unbranched alkanes of at least 4 members (excludes halogenated alkanes) is 4. The number of allylic oxidation sites excluding steroid dienone is 4. The molecule has 0 fully saturated rings. The minimum absolute atomic E-state index is 0.221. The van der Waals surface area contributed by atoms with Crippen LogP contribution >= 0.6 is 0 Å². The number of hydrogen-bond acceptors (Lipinski definition) is 5. The summed E-state index contributed by atoms with van der Waals surface area (Å²) in [5.41, 5.74) is 0. The van der Waals surface area contributed by atoms with Gasteiger partial charge in [-0.15, -0.1) is 0 Å². The van der Waals surface area contributed by atoms with Gasteiger partial charge < -0.3 is 19.3 Å². The molecule has 0 heterocycles. The van der Waals surface area contributed by atoms with Crippen LogP contribution in [0, 0.1) is 0 Å². The molecule has 188 valence electrons. The van der Waals surface area contributed by atoms with Crippen molar-refractivity contribution >= 4 is 5.97 Å². The van der Waals surface area contributed by atoms with Crippen molar-refractivity contribution in [3.05, 3.63) is 24.3 Å². The molecule has 0 bridgehead atoms. The summed E-state index contributed by atoms with van der Waals surface area (Å²) >= 11 is 0. The normalized spacial score (nSPS) is 12.9. The van der Waals surface area contributed by atoms with Crippen LogP contribution in [-0.2, 0) is 19.0 Å². The summed E-state index contributed by atoms with van der Waals surface area (Å²) in [6, 6.07) is 0. The van der Waals surface area contributed by atoms with Crippen LogP contribution in [-0.4, -0.2) is 43.3 Å². The van der Waals surface area contributed by atoms with Gasteiger partial charge in [-0.05, 0) is 70.6 Å². The van der Waals surface area contributed by atoms with Crippen molar-refractivity contribution in [2.24, 2.45) is 0 Å². The van der Waals surface area contributed by atoms with Gasteiger partial charge in [0.15, 0.2) is 6.29 Å². The fourth-order valence-electron chi connectivity index (χ4n) is 3.23. The van der Waals surface area contributed by atoms with E-state index < -0.39 is 0 Å². The molecule has 0 aliphatic heterocycles. The van der Waals surface area contributed by atoms with Crippen molar-refractivity contribution in [2.75, 3.05) is 19.8 Å². The summed E-state index contributed by atoms with van der Waals surface area (Å²) in [6.45, 7) is 7.99. The predicted octanol–water partition coefficient (Wildman–Crippen LogP) is 6.88. The maximum absolute atomic E-state index is 12.1. The van der Waals surface area contributed by atoms with Crippen molar-refractivity contribution in [2.45, 2.75) is 123 Å². The largest absolute Gasteiger partial charge is 0.466 e. The highest BCUT2D eigenvalue weighted by atomic mass is 16.7. The fourth-order valence-corrected chi connectivity index (χ4v) is 3.23. The number of aliphatic hydroxyl groups is 1. The molecule has 5 nitrogen and oxygen atoms in total. The molecule has 0 aliphatic rings. The zero-order valence-electron chi connectivity index (χ0n) is 21.1. The van der Waals surface area contributed by atoms with Crippen LogP contribution in [0.25, 0.3) is 0 Å². The van der Waals surface area contributed by atoms with Crippen LogP contribution in [0.1, 0.15) is 111 Å². The minimum Gasteiger partial charge on any atom is -0.466 e. The third-order valence-corrected chi connectivity index (χ3v) is 5.09. The van der Waals surface area contributed by atoms with Gasteiger partial charge in [0.05, 0.1) is 19.1 Å². The Kier molecular flexibility index (Phi) is 23.6. The van der Waals surface area contributed by atoms with E-state index >= 15 is 0 Å². The summed E-state index contributed by atoms with van der Waals surface area (Å²) in [5, 5.41) is 9.74. The molecule has 0 spiro atoms. The van der Waals surface area contributed by atoms with Crippen molar-refractivity contribution in [1.82, 2.24) is 0 Å². The van der Waals surface area contributed by atoms with E-state index in [0.717, 1.165) is 64.2 Å². The minimum atomic E-state index is -0.355. The van der Waals surface area contributed by atoms with Crippen LogP contribution in [0.5, 0.6) is 0 Å². The smallest absolute Gasteiger partial charge is 0.305 e. The molecular weight excluding hydrogens is 404 g/mol. The van der Waals surface area contributed by atoms with E-state index in [4.69, 9.17) is 14.2 Å². The van der Waals surface area contributed by atoms with Crippen molar-refractivity contribution in [3.63, 3.8) is 0 Å². The molecule has 0 saturated heterocycles. The number of esters is 1. The lowest BCUT2D eigenvalue weighted by Gasteiger charge is -2.18. The number of carbonyl (C=O) groups is 1. The first kappa shape index (κ1) is 30.8. The van der Waals surface area contributed by atoms with Gasteiger partial charge in [-0.25, -0.2) is 0 Å². The Balaban J connectivity index is 4.13. The number of hydrogen-bond donors (Lipinski definition) is 1. The molecule has 1 unspecified atom stereocenters. The van der Waals surface area contributed by atoms with E-state index in [-0.39, 0.29) is 18.4 Å². The van der Waals surface area contributed by atoms with Gasteiger partial charge in [0.1, 0.15) is 0 Å². The Hall–Kier alpha value is -1.17. The second-order valence-electron chi connectivity index (χ2n) is 8.27. The van der Waals surface area contributed by atoms with E-state index in [2.05, 4.69) is 45.1 Å². The zero-order valence-corrected chi connectivity index (χ0v) is 21.1. The Morgan fingerprint density at radius 3 is 1.88 bits per heavy atom. The lowest BCUT2D eigenvalue weighted by Crippen LogP contribution is -2.21. The zero-order chi connectivity index (χ0) is 23.7. The van der Waals surface area contributed by atoms with Crippen LogP contribution < -0.4 is 0 Å². The second-order valence-corrected chi connectivity index (χ2v) is 8.27. The van der Waals surface area contributed by atoms with Crippen LogP contribution in [0.3, 0.4) is 0 Å².